The van der Waals surface area contributed by atoms with Crippen LogP contribution in [0.3, 0.4) is 0 Å². The predicted molar refractivity (Wildman–Crippen MR) is 78.8 cm³/mol. The van der Waals surface area contributed by atoms with Gasteiger partial charge in [-0.25, -0.2) is 0 Å². The summed E-state index contributed by atoms with van der Waals surface area (Å²) in [6, 6.07) is 0. The first-order valence-corrected chi connectivity index (χ1v) is 8.43. The molecule has 0 saturated heterocycles. The van der Waals surface area contributed by atoms with Crippen LogP contribution in [0.2, 0.25) is 0 Å². The third-order valence-electron chi connectivity index (χ3n) is 2.50. The zero-order valence-electron chi connectivity index (χ0n) is 10.7. The summed E-state index contributed by atoms with van der Waals surface area (Å²) < 4.78 is 0. The Morgan fingerprint density at radius 1 is 1.50 bits per heavy atom. The Balaban J connectivity index is 2.02. The van der Waals surface area contributed by atoms with Gasteiger partial charge in [-0.3, -0.25) is 4.99 Å². The van der Waals surface area contributed by atoms with Crippen molar-refractivity contribution in [3.8, 4) is 0 Å². The van der Waals surface area contributed by atoms with Crippen molar-refractivity contribution < 1.29 is 0 Å². The highest BCUT2D eigenvalue weighted by Crippen LogP contribution is 2.25. The zero-order chi connectivity index (χ0) is 11.8. The van der Waals surface area contributed by atoms with E-state index in [9.17, 15) is 0 Å². The van der Waals surface area contributed by atoms with Gasteiger partial charge >= 0.3 is 0 Å². The highest BCUT2D eigenvalue weighted by atomic mass is 32.2. The first-order valence-electron chi connectivity index (χ1n) is 6.16. The number of aliphatic imine (C=N–C) groups is 1. The quantitative estimate of drug-likeness (QED) is 0.711. The molecular formula is C12H24N2S2. The molecule has 4 heteroatoms. The van der Waals surface area contributed by atoms with Crippen molar-refractivity contribution in [2.75, 3.05) is 25.1 Å². The average molecular weight is 260 g/mol. The third kappa shape index (κ3) is 6.04. The molecule has 1 aliphatic heterocycles. The molecule has 0 spiro atoms. The molecule has 0 fully saturated rings. The number of rotatable bonds is 7. The molecular weight excluding hydrogens is 236 g/mol. The second-order valence-corrected chi connectivity index (χ2v) is 6.92. The van der Waals surface area contributed by atoms with Crippen molar-refractivity contribution in [1.29, 1.82) is 0 Å². The molecule has 1 rings (SSSR count). The molecule has 1 heterocycles. The van der Waals surface area contributed by atoms with E-state index in [2.05, 4.69) is 30.4 Å². The van der Waals surface area contributed by atoms with Crippen LogP contribution < -0.4 is 5.32 Å². The standard InChI is InChI=1S/C12H24N2S2/c1-10(2)8-11-9-14-12(16-11)13-6-4-5-7-15-3/h10-11H,4-9H2,1-3H3,(H,13,14). The van der Waals surface area contributed by atoms with Crippen LogP contribution in [0.25, 0.3) is 0 Å². The van der Waals surface area contributed by atoms with Crippen molar-refractivity contribution in [3.63, 3.8) is 0 Å². The minimum Gasteiger partial charge on any atom is -0.365 e. The SMILES string of the molecule is CSCCCCNC1=NCC(CC(C)C)S1. The Morgan fingerprint density at radius 3 is 3.00 bits per heavy atom. The molecule has 1 atom stereocenters. The minimum absolute atomic E-state index is 0.716. The first kappa shape index (κ1) is 14.2. The number of amidine groups is 1. The van der Waals surface area contributed by atoms with Crippen LogP contribution in [0, 0.1) is 5.92 Å². The van der Waals surface area contributed by atoms with E-state index in [0.29, 0.717) is 5.25 Å². The molecule has 0 saturated carbocycles. The lowest BCUT2D eigenvalue weighted by Gasteiger charge is -2.11. The lowest BCUT2D eigenvalue weighted by molar-refractivity contribution is 0.575. The molecule has 0 aromatic carbocycles. The van der Waals surface area contributed by atoms with Crippen molar-refractivity contribution in [3.05, 3.63) is 0 Å². The number of hydrogen-bond acceptors (Lipinski definition) is 4. The second-order valence-electron chi connectivity index (χ2n) is 4.64. The lowest BCUT2D eigenvalue weighted by Crippen LogP contribution is -2.21. The number of hydrogen-bond donors (Lipinski definition) is 1. The summed E-state index contributed by atoms with van der Waals surface area (Å²) in [6.07, 6.45) is 6.02. The highest BCUT2D eigenvalue weighted by Gasteiger charge is 2.19. The molecule has 0 aromatic heterocycles. The second kappa shape index (κ2) is 8.29. The topological polar surface area (TPSA) is 24.4 Å². The molecule has 94 valence electrons. The van der Waals surface area contributed by atoms with Gasteiger partial charge in [-0.1, -0.05) is 25.6 Å². The molecule has 1 aliphatic rings. The van der Waals surface area contributed by atoms with Crippen LogP contribution in [0.1, 0.15) is 33.1 Å². The van der Waals surface area contributed by atoms with Gasteiger partial charge in [0.25, 0.3) is 0 Å². The normalized spacial score (nSPS) is 20.2. The molecule has 0 aromatic rings. The molecule has 0 bridgehead atoms. The van der Waals surface area contributed by atoms with Crippen molar-refractivity contribution in [1.82, 2.24) is 5.32 Å². The first-order chi connectivity index (χ1) is 7.72. The Morgan fingerprint density at radius 2 is 2.31 bits per heavy atom. The summed E-state index contributed by atoms with van der Waals surface area (Å²) >= 11 is 3.86. The molecule has 1 unspecified atom stereocenters. The van der Waals surface area contributed by atoms with Gasteiger partial charge in [0.05, 0.1) is 6.54 Å². The fourth-order valence-corrected chi connectivity index (χ4v) is 3.50. The molecule has 16 heavy (non-hydrogen) atoms. The maximum absolute atomic E-state index is 4.55. The van der Waals surface area contributed by atoms with E-state index in [4.69, 9.17) is 0 Å². The summed E-state index contributed by atoms with van der Waals surface area (Å²) in [5.41, 5.74) is 0. The van der Waals surface area contributed by atoms with E-state index in [1.165, 1.54) is 30.2 Å². The predicted octanol–water partition coefficient (Wildman–Crippen LogP) is 3.24. The Bertz CT molecular complexity index is 217. The van der Waals surface area contributed by atoms with Crippen LogP contribution in [0.15, 0.2) is 4.99 Å². The minimum atomic E-state index is 0.716. The van der Waals surface area contributed by atoms with Crippen LogP contribution in [-0.2, 0) is 0 Å². The summed E-state index contributed by atoms with van der Waals surface area (Å²) in [7, 11) is 0. The Hall–Kier alpha value is 0.170. The van der Waals surface area contributed by atoms with Crippen LogP contribution in [0.4, 0.5) is 0 Å². The van der Waals surface area contributed by atoms with E-state index in [1.54, 1.807) is 0 Å². The lowest BCUT2D eigenvalue weighted by atomic mass is 10.1. The summed E-state index contributed by atoms with van der Waals surface area (Å²) in [5, 5.41) is 5.34. The Labute approximate surface area is 108 Å². The maximum atomic E-state index is 4.55. The third-order valence-corrected chi connectivity index (χ3v) is 4.37. The molecule has 0 aliphatic carbocycles. The van der Waals surface area contributed by atoms with Gasteiger partial charge in [0.1, 0.15) is 0 Å². The summed E-state index contributed by atoms with van der Waals surface area (Å²) in [5.74, 6) is 2.06. The fourth-order valence-electron chi connectivity index (χ4n) is 1.73. The largest absolute Gasteiger partial charge is 0.365 e. The zero-order valence-corrected chi connectivity index (χ0v) is 12.3. The van der Waals surface area contributed by atoms with Gasteiger partial charge in [0, 0.05) is 11.8 Å². The van der Waals surface area contributed by atoms with Crippen LogP contribution in [0.5, 0.6) is 0 Å². The number of thioether (sulfide) groups is 2. The van der Waals surface area contributed by atoms with Crippen molar-refractivity contribution in [2.45, 2.75) is 38.4 Å². The van der Waals surface area contributed by atoms with Gasteiger partial charge in [-0.05, 0) is 37.2 Å². The van der Waals surface area contributed by atoms with Gasteiger partial charge in [0.15, 0.2) is 5.17 Å². The van der Waals surface area contributed by atoms with Gasteiger partial charge in [-0.2, -0.15) is 11.8 Å². The molecule has 1 N–H and O–H groups in total. The molecule has 2 nitrogen and oxygen atoms in total. The number of nitrogens with zero attached hydrogens (tertiary/aromatic N) is 1. The molecule has 0 amide bonds. The Kier molecular flexibility index (Phi) is 7.37. The average Bonchev–Trinajstić information content (AvgIpc) is 2.64. The van der Waals surface area contributed by atoms with E-state index in [1.807, 2.05) is 23.5 Å². The highest BCUT2D eigenvalue weighted by molar-refractivity contribution is 8.14. The van der Waals surface area contributed by atoms with E-state index in [0.717, 1.165) is 19.0 Å². The van der Waals surface area contributed by atoms with E-state index < -0.39 is 0 Å². The van der Waals surface area contributed by atoms with Crippen LogP contribution >= 0.6 is 23.5 Å². The fraction of sp³-hybridized carbons (Fsp3) is 0.917. The molecule has 0 radical (unpaired) electrons. The smallest absolute Gasteiger partial charge is 0.156 e. The summed E-state index contributed by atoms with van der Waals surface area (Å²) in [4.78, 5) is 4.55. The number of nitrogens with one attached hydrogen (secondary N) is 1. The van der Waals surface area contributed by atoms with E-state index in [-0.39, 0.29) is 0 Å². The van der Waals surface area contributed by atoms with Crippen LogP contribution in [-0.4, -0.2) is 35.5 Å². The maximum Gasteiger partial charge on any atom is 0.156 e. The number of unbranched alkanes of at least 4 members (excludes halogenated alkanes) is 1. The van der Waals surface area contributed by atoms with Gasteiger partial charge in [0.2, 0.25) is 0 Å². The van der Waals surface area contributed by atoms with Crippen molar-refractivity contribution in [2.24, 2.45) is 10.9 Å². The monoisotopic (exact) mass is 260 g/mol. The van der Waals surface area contributed by atoms with Crippen molar-refractivity contribution >= 4 is 28.7 Å². The van der Waals surface area contributed by atoms with Gasteiger partial charge < -0.3 is 5.32 Å². The summed E-state index contributed by atoms with van der Waals surface area (Å²) in [6.45, 7) is 6.67. The van der Waals surface area contributed by atoms with E-state index >= 15 is 0 Å². The van der Waals surface area contributed by atoms with Gasteiger partial charge in [-0.15, -0.1) is 0 Å².